The van der Waals surface area contributed by atoms with E-state index < -0.39 is 0 Å². The fraction of sp³-hybridized carbons (Fsp3) is 1.00. The van der Waals surface area contributed by atoms with Gasteiger partial charge in [0.25, 0.3) is 0 Å². The Morgan fingerprint density at radius 2 is 1.94 bits per heavy atom. The first-order valence-electron chi connectivity index (χ1n) is 6.75. The Labute approximate surface area is 99.7 Å². The van der Waals surface area contributed by atoms with Crippen LogP contribution in [-0.4, -0.2) is 24.4 Å². The summed E-state index contributed by atoms with van der Waals surface area (Å²) in [6.07, 6.45) is 2.86. The van der Waals surface area contributed by atoms with Crippen LogP contribution in [0.3, 0.4) is 0 Å². The minimum absolute atomic E-state index is 0.102. The number of fused-ring (bicyclic) bond motifs is 2. The van der Waals surface area contributed by atoms with Gasteiger partial charge in [-0.05, 0) is 25.2 Å². The highest BCUT2D eigenvalue weighted by Crippen LogP contribution is 2.50. The van der Waals surface area contributed by atoms with Gasteiger partial charge in [0, 0.05) is 18.9 Å². The van der Waals surface area contributed by atoms with Gasteiger partial charge in [0.2, 0.25) is 0 Å². The van der Waals surface area contributed by atoms with Crippen molar-refractivity contribution >= 4 is 0 Å². The van der Waals surface area contributed by atoms with E-state index >= 15 is 0 Å². The van der Waals surface area contributed by atoms with Gasteiger partial charge < -0.3 is 9.47 Å². The molecule has 2 bridgehead atoms. The van der Waals surface area contributed by atoms with Crippen molar-refractivity contribution in [3.05, 3.63) is 0 Å². The monoisotopic (exact) mass is 226 g/mol. The summed E-state index contributed by atoms with van der Waals surface area (Å²) >= 11 is 0. The summed E-state index contributed by atoms with van der Waals surface area (Å²) in [5.41, 5.74) is 0.102. The molecule has 0 aromatic heterocycles. The summed E-state index contributed by atoms with van der Waals surface area (Å²) < 4.78 is 12.3. The average molecular weight is 226 g/mol. The van der Waals surface area contributed by atoms with E-state index in [9.17, 15) is 0 Å². The highest BCUT2D eigenvalue weighted by Gasteiger charge is 2.57. The van der Waals surface area contributed by atoms with Crippen LogP contribution in [0, 0.1) is 17.8 Å². The zero-order chi connectivity index (χ0) is 11.9. The molecule has 0 N–H and O–H groups in total. The average Bonchev–Trinajstić information content (AvgIpc) is 2.29. The molecule has 2 nitrogen and oxygen atoms in total. The largest absolute Gasteiger partial charge is 0.375 e. The molecule has 2 heterocycles. The Balaban J connectivity index is 2.25. The Morgan fingerprint density at radius 1 is 1.25 bits per heavy atom. The molecule has 2 heteroatoms. The normalized spacial score (nSPS) is 43.3. The molecule has 0 aromatic rings. The van der Waals surface area contributed by atoms with E-state index in [4.69, 9.17) is 9.47 Å². The van der Waals surface area contributed by atoms with Crippen molar-refractivity contribution in [2.75, 3.05) is 6.61 Å². The standard InChI is InChI=1S/C14H26O2/c1-9(2)8-14-6-7-15-13(11(5)16-14)12(14)10(3)4/h9-13H,6-8H2,1-5H3. The van der Waals surface area contributed by atoms with Crippen LogP contribution >= 0.6 is 0 Å². The summed E-state index contributed by atoms with van der Waals surface area (Å²) in [6.45, 7) is 12.3. The van der Waals surface area contributed by atoms with Crippen LogP contribution in [0.1, 0.15) is 47.5 Å². The molecule has 0 radical (unpaired) electrons. The molecule has 0 amide bonds. The molecule has 94 valence electrons. The third-order valence-electron chi connectivity index (χ3n) is 4.15. The number of ether oxygens (including phenoxy) is 2. The van der Waals surface area contributed by atoms with Gasteiger partial charge in [-0.1, -0.05) is 27.7 Å². The summed E-state index contributed by atoms with van der Waals surface area (Å²) in [7, 11) is 0. The third kappa shape index (κ3) is 1.91. The van der Waals surface area contributed by atoms with Crippen molar-refractivity contribution in [3.8, 4) is 0 Å². The van der Waals surface area contributed by atoms with E-state index in [-0.39, 0.29) is 11.7 Å². The smallest absolute Gasteiger partial charge is 0.0892 e. The molecular weight excluding hydrogens is 200 g/mol. The lowest BCUT2D eigenvalue weighted by Crippen LogP contribution is -2.47. The lowest BCUT2D eigenvalue weighted by Gasteiger charge is -2.42. The lowest BCUT2D eigenvalue weighted by atomic mass is 9.71. The number of rotatable bonds is 3. The van der Waals surface area contributed by atoms with Gasteiger partial charge in [0.1, 0.15) is 0 Å². The molecule has 0 aliphatic carbocycles. The number of hydrogen-bond donors (Lipinski definition) is 0. The molecule has 0 aromatic carbocycles. The maximum Gasteiger partial charge on any atom is 0.0892 e. The van der Waals surface area contributed by atoms with Gasteiger partial charge in [-0.25, -0.2) is 0 Å². The fourth-order valence-electron chi connectivity index (χ4n) is 3.90. The van der Waals surface area contributed by atoms with Crippen molar-refractivity contribution in [1.29, 1.82) is 0 Å². The van der Waals surface area contributed by atoms with Crippen LogP contribution in [0.5, 0.6) is 0 Å². The van der Waals surface area contributed by atoms with Crippen molar-refractivity contribution < 1.29 is 9.47 Å². The first-order chi connectivity index (χ1) is 7.46. The van der Waals surface area contributed by atoms with Crippen molar-refractivity contribution in [1.82, 2.24) is 0 Å². The van der Waals surface area contributed by atoms with Crippen molar-refractivity contribution in [2.24, 2.45) is 17.8 Å². The van der Waals surface area contributed by atoms with Crippen molar-refractivity contribution in [3.63, 3.8) is 0 Å². The molecule has 0 spiro atoms. The SMILES string of the molecule is CC(C)CC12CCOC(C(C)O1)C2C(C)C. The first kappa shape index (κ1) is 12.4. The molecular formula is C14H26O2. The molecule has 2 aliphatic heterocycles. The molecule has 16 heavy (non-hydrogen) atoms. The molecule has 4 unspecified atom stereocenters. The Morgan fingerprint density at radius 3 is 2.50 bits per heavy atom. The van der Waals surface area contributed by atoms with E-state index in [1.807, 2.05) is 0 Å². The third-order valence-corrected chi connectivity index (χ3v) is 4.15. The highest BCUT2D eigenvalue weighted by atomic mass is 16.6. The van der Waals surface area contributed by atoms with Crippen LogP contribution in [0.4, 0.5) is 0 Å². The van der Waals surface area contributed by atoms with Crippen molar-refractivity contribution in [2.45, 2.75) is 65.3 Å². The molecule has 2 saturated heterocycles. The van der Waals surface area contributed by atoms with E-state index in [0.29, 0.717) is 23.9 Å². The predicted octanol–water partition coefficient (Wildman–Crippen LogP) is 3.25. The van der Waals surface area contributed by atoms with E-state index in [1.165, 1.54) is 6.42 Å². The zero-order valence-corrected chi connectivity index (χ0v) is 11.3. The lowest BCUT2D eigenvalue weighted by molar-refractivity contribution is -0.101. The van der Waals surface area contributed by atoms with E-state index in [0.717, 1.165) is 13.0 Å². The highest BCUT2D eigenvalue weighted by molar-refractivity contribution is 5.04. The maximum absolute atomic E-state index is 6.33. The second-order valence-corrected chi connectivity index (χ2v) is 6.34. The predicted molar refractivity (Wildman–Crippen MR) is 65.4 cm³/mol. The van der Waals surface area contributed by atoms with Crippen LogP contribution in [0.25, 0.3) is 0 Å². The van der Waals surface area contributed by atoms with Gasteiger partial charge in [-0.15, -0.1) is 0 Å². The number of hydrogen-bond acceptors (Lipinski definition) is 2. The maximum atomic E-state index is 6.33. The molecule has 2 fully saturated rings. The Kier molecular flexibility index (Phi) is 3.33. The van der Waals surface area contributed by atoms with Gasteiger partial charge >= 0.3 is 0 Å². The zero-order valence-electron chi connectivity index (χ0n) is 11.3. The van der Waals surface area contributed by atoms with Gasteiger partial charge in [-0.2, -0.15) is 0 Å². The van der Waals surface area contributed by atoms with Crippen LogP contribution < -0.4 is 0 Å². The van der Waals surface area contributed by atoms with Crippen LogP contribution in [0.15, 0.2) is 0 Å². The van der Waals surface area contributed by atoms with Crippen LogP contribution in [0.2, 0.25) is 0 Å². The second-order valence-electron chi connectivity index (χ2n) is 6.34. The summed E-state index contributed by atoms with van der Waals surface area (Å²) in [5.74, 6) is 1.93. The van der Waals surface area contributed by atoms with Gasteiger partial charge in [0.05, 0.1) is 17.8 Å². The molecule has 0 saturated carbocycles. The van der Waals surface area contributed by atoms with Gasteiger partial charge in [0.15, 0.2) is 0 Å². The Hall–Kier alpha value is -0.0800. The summed E-state index contributed by atoms with van der Waals surface area (Å²) in [6, 6.07) is 0. The Bertz CT molecular complexity index is 245. The summed E-state index contributed by atoms with van der Waals surface area (Å²) in [5, 5.41) is 0. The van der Waals surface area contributed by atoms with Gasteiger partial charge in [-0.3, -0.25) is 0 Å². The minimum Gasteiger partial charge on any atom is -0.375 e. The fourth-order valence-corrected chi connectivity index (χ4v) is 3.90. The first-order valence-corrected chi connectivity index (χ1v) is 6.75. The van der Waals surface area contributed by atoms with E-state index in [1.54, 1.807) is 0 Å². The molecule has 4 atom stereocenters. The molecule has 2 rings (SSSR count). The minimum atomic E-state index is 0.102. The second kappa shape index (κ2) is 4.30. The van der Waals surface area contributed by atoms with E-state index in [2.05, 4.69) is 34.6 Å². The molecule has 2 aliphatic rings. The quantitative estimate of drug-likeness (QED) is 0.735. The summed E-state index contributed by atoms with van der Waals surface area (Å²) in [4.78, 5) is 0. The van der Waals surface area contributed by atoms with Crippen LogP contribution in [-0.2, 0) is 9.47 Å². The topological polar surface area (TPSA) is 18.5 Å².